The molecule has 1 N–H and O–H groups in total. The van der Waals surface area contributed by atoms with Gasteiger partial charge in [0, 0.05) is 30.4 Å². The number of hydrogen-bond acceptors (Lipinski definition) is 4. The Morgan fingerprint density at radius 1 is 1.23 bits per heavy atom. The Kier molecular flexibility index (Phi) is 3.68. The average molecular weight is 347 g/mol. The summed E-state index contributed by atoms with van der Waals surface area (Å²) in [7, 11) is 1.95. The number of rotatable bonds is 4. The molecule has 2 aromatic carbocycles. The van der Waals surface area contributed by atoms with Crippen LogP contribution in [0, 0.1) is 0 Å². The molecule has 1 fully saturated rings. The van der Waals surface area contributed by atoms with Crippen molar-refractivity contribution in [2.24, 2.45) is 7.05 Å². The van der Waals surface area contributed by atoms with Crippen molar-refractivity contribution in [3.63, 3.8) is 0 Å². The first-order valence-corrected chi connectivity index (χ1v) is 9.04. The number of hydrogen-bond donors (Lipinski definition) is 1. The second-order valence-electron chi connectivity index (χ2n) is 6.87. The van der Waals surface area contributed by atoms with Crippen LogP contribution in [0.15, 0.2) is 48.5 Å². The number of fused-ring (bicyclic) bond motifs is 2. The van der Waals surface area contributed by atoms with Crippen LogP contribution in [0.3, 0.4) is 0 Å². The molecule has 1 saturated heterocycles. The molecule has 132 valence electrons. The lowest BCUT2D eigenvalue weighted by Crippen LogP contribution is -2.16. The van der Waals surface area contributed by atoms with E-state index in [1.165, 1.54) is 16.8 Å². The Bertz CT molecular complexity index is 1000. The third-order valence-electron chi connectivity index (χ3n) is 5.10. The molecule has 0 amide bonds. The molecular formula is C21H21N3O2. The summed E-state index contributed by atoms with van der Waals surface area (Å²) in [6.07, 6.45) is 4.25. The van der Waals surface area contributed by atoms with E-state index in [1.54, 1.807) is 0 Å². The van der Waals surface area contributed by atoms with E-state index in [2.05, 4.69) is 59.0 Å². The highest BCUT2D eigenvalue weighted by molar-refractivity contribution is 5.90. The number of ether oxygens (including phenoxy) is 2. The predicted octanol–water partition coefficient (Wildman–Crippen LogP) is 3.75. The van der Waals surface area contributed by atoms with Crippen LogP contribution in [-0.4, -0.2) is 29.1 Å². The van der Waals surface area contributed by atoms with Gasteiger partial charge in [-0.25, -0.2) is 0 Å². The third kappa shape index (κ3) is 2.65. The van der Waals surface area contributed by atoms with Crippen molar-refractivity contribution in [1.29, 1.82) is 0 Å². The highest BCUT2D eigenvalue weighted by Gasteiger charge is 2.21. The fourth-order valence-electron chi connectivity index (χ4n) is 3.71. The summed E-state index contributed by atoms with van der Waals surface area (Å²) in [4.78, 5) is 0. The van der Waals surface area contributed by atoms with E-state index in [0.717, 1.165) is 36.0 Å². The number of benzene rings is 2. The van der Waals surface area contributed by atoms with Gasteiger partial charge in [0.05, 0.1) is 24.1 Å². The van der Waals surface area contributed by atoms with E-state index >= 15 is 0 Å². The minimum absolute atomic E-state index is 0.103. The Hall–Kier alpha value is -2.79. The molecule has 26 heavy (non-hydrogen) atoms. The van der Waals surface area contributed by atoms with Crippen molar-refractivity contribution in [2.75, 3.05) is 18.5 Å². The SMILES string of the molecule is Cn1nc(O[C@H]2CCOC2)c2ccc(NC3=CCc4ccccc43)cc21. The van der Waals surface area contributed by atoms with Crippen molar-refractivity contribution in [3.05, 3.63) is 59.7 Å². The Morgan fingerprint density at radius 2 is 2.15 bits per heavy atom. The molecule has 2 heterocycles. The second-order valence-corrected chi connectivity index (χ2v) is 6.87. The van der Waals surface area contributed by atoms with Gasteiger partial charge in [0.1, 0.15) is 6.10 Å². The number of allylic oxidation sites excluding steroid dienone is 1. The lowest BCUT2D eigenvalue weighted by Gasteiger charge is -2.11. The average Bonchev–Trinajstić information content (AvgIpc) is 3.37. The maximum Gasteiger partial charge on any atom is 0.241 e. The molecule has 0 unspecified atom stereocenters. The first-order valence-electron chi connectivity index (χ1n) is 9.04. The van der Waals surface area contributed by atoms with Crippen molar-refractivity contribution in [3.8, 4) is 5.88 Å². The fourth-order valence-corrected chi connectivity index (χ4v) is 3.71. The number of nitrogens with zero attached hydrogens (tertiary/aromatic N) is 2. The quantitative estimate of drug-likeness (QED) is 0.781. The molecule has 5 rings (SSSR count). The van der Waals surface area contributed by atoms with Gasteiger partial charge in [0.15, 0.2) is 0 Å². The van der Waals surface area contributed by atoms with Gasteiger partial charge < -0.3 is 14.8 Å². The summed E-state index contributed by atoms with van der Waals surface area (Å²) >= 11 is 0. The molecule has 1 atom stereocenters. The lowest BCUT2D eigenvalue weighted by atomic mass is 10.1. The Balaban J connectivity index is 1.43. The van der Waals surface area contributed by atoms with Gasteiger partial charge in [-0.15, -0.1) is 5.10 Å². The smallest absolute Gasteiger partial charge is 0.241 e. The van der Waals surface area contributed by atoms with Crippen LogP contribution in [0.25, 0.3) is 16.6 Å². The summed E-state index contributed by atoms with van der Waals surface area (Å²) in [5.74, 6) is 0.690. The molecule has 3 aromatic rings. The zero-order valence-electron chi connectivity index (χ0n) is 14.7. The molecular weight excluding hydrogens is 326 g/mol. The van der Waals surface area contributed by atoms with Crippen LogP contribution in [0.1, 0.15) is 17.5 Å². The summed E-state index contributed by atoms with van der Waals surface area (Å²) in [5.41, 5.74) is 5.92. The van der Waals surface area contributed by atoms with Gasteiger partial charge in [0.2, 0.25) is 5.88 Å². The topological polar surface area (TPSA) is 48.3 Å². The maximum atomic E-state index is 6.04. The molecule has 0 bridgehead atoms. The molecule has 0 spiro atoms. The van der Waals surface area contributed by atoms with E-state index in [-0.39, 0.29) is 6.10 Å². The highest BCUT2D eigenvalue weighted by atomic mass is 16.5. The van der Waals surface area contributed by atoms with E-state index in [0.29, 0.717) is 12.5 Å². The zero-order chi connectivity index (χ0) is 17.5. The molecule has 0 radical (unpaired) electrons. The predicted molar refractivity (Wildman–Crippen MR) is 102 cm³/mol. The highest BCUT2D eigenvalue weighted by Crippen LogP contribution is 2.32. The standard InChI is InChI=1S/C21H21N3O2/c1-24-20-12-15(22-19-9-6-14-4-2-3-5-17(14)19)7-8-18(20)21(23-24)26-16-10-11-25-13-16/h2-5,7-9,12,16,22H,6,10-11,13H2,1H3/t16-/m0/s1. The molecule has 1 aliphatic carbocycles. The lowest BCUT2D eigenvalue weighted by molar-refractivity contribution is 0.138. The molecule has 1 aliphatic heterocycles. The Morgan fingerprint density at radius 3 is 3.04 bits per heavy atom. The number of anilines is 1. The van der Waals surface area contributed by atoms with Crippen molar-refractivity contribution >= 4 is 22.3 Å². The van der Waals surface area contributed by atoms with E-state index in [4.69, 9.17) is 9.47 Å². The zero-order valence-corrected chi connectivity index (χ0v) is 14.7. The van der Waals surface area contributed by atoms with E-state index < -0.39 is 0 Å². The molecule has 0 saturated carbocycles. The van der Waals surface area contributed by atoms with Gasteiger partial charge in [-0.2, -0.15) is 0 Å². The number of aromatic nitrogens is 2. The first-order chi connectivity index (χ1) is 12.8. The van der Waals surface area contributed by atoms with Gasteiger partial charge in [-0.3, -0.25) is 4.68 Å². The van der Waals surface area contributed by atoms with Crippen LogP contribution < -0.4 is 10.1 Å². The third-order valence-corrected chi connectivity index (χ3v) is 5.10. The Labute approximate surface area is 152 Å². The van der Waals surface area contributed by atoms with Gasteiger partial charge >= 0.3 is 0 Å². The largest absolute Gasteiger partial charge is 0.470 e. The number of aryl methyl sites for hydroxylation is 1. The minimum atomic E-state index is 0.103. The normalized spacial score (nSPS) is 18.8. The molecule has 5 heteroatoms. The summed E-state index contributed by atoms with van der Waals surface area (Å²) in [6.45, 7) is 1.41. The van der Waals surface area contributed by atoms with E-state index in [1.807, 2.05) is 11.7 Å². The van der Waals surface area contributed by atoms with Crippen LogP contribution in [0.4, 0.5) is 5.69 Å². The minimum Gasteiger partial charge on any atom is -0.470 e. The molecule has 5 nitrogen and oxygen atoms in total. The monoisotopic (exact) mass is 347 g/mol. The van der Waals surface area contributed by atoms with Gasteiger partial charge in [-0.05, 0) is 30.2 Å². The van der Waals surface area contributed by atoms with Crippen LogP contribution in [0.2, 0.25) is 0 Å². The molecule has 2 aliphatic rings. The van der Waals surface area contributed by atoms with Gasteiger partial charge in [-0.1, -0.05) is 30.3 Å². The van der Waals surface area contributed by atoms with Crippen LogP contribution in [-0.2, 0) is 18.2 Å². The van der Waals surface area contributed by atoms with E-state index in [9.17, 15) is 0 Å². The van der Waals surface area contributed by atoms with Gasteiger partial charge in [0.25, 0.3) is 0 Å². The summed E-state index contributed by atoms with van der Waals surface area (Å²) in [6, 6.07) is 14.8. The first kappa shape index (κ1) is 15.5. The fraction of sp³-hybridized carbons (Fsp3) is 0.286. The van der Waals surface area contributed by atoms with Crippen LogP contribution in [0.5, 0.6) is 5.88 Å². The number of nitrogens with one attached hydrogen (secondary N) is 1. The maximum absolute atomic E-state index is 6.04. The van der Waals surface area contributed by atoms with Crippen molar-refractivity contribution < 1.29 is 9.47 Å². The van der Waals surface area contributed by atoms with Crippen LogP contribution >= 0.6 is 0 Å². The second kappa shape index (κ2) is 6.18. The van der Waals surface area contributed by atoms with Crippen molar-refractivity contribution in [2.45, 2.75) is 18.9 Å². The molecule has 1 aromatic heterocycles. The summed E-state index contributed by atoms with van der Waals surface area (Å²) < 4.78 is 13.3. The summed E-state index contributed by atoms with van der Waals surface area (Å²) in [5, 5.41) is 9.15. The van der Waals surface area contributed by atoms with Crippen molar-refractivity contribution in [1.82, 2.24) is 9.78 Å².